The topological polar surface area (TPSA) is 28.9 Å². The smallest absolute Gasteiger partial charge is 0.134 e. The summed E-state index contributed by atoms with van der Waals surface area (Å²) in [6, 6.07) is 9.71. The zero-order valence-corrected chi connectivity index (χ0v) is 21.5. The predicted octanol–water partition coefficient (Wildman–Crippen LogP) is 6.37. The van der Waals surface area contributed by atoms with Gasteiger partial charge in [0.15, 0.2) is 0 Å². The number of likely N-dealkylation sites (tertiary alicyclic amines) is 1. The van der Waals surface area contributed by atoms with E-state index in [1.54, 1.807) is 0 Å². The van der Waals surface area contributed by atoms with Gasteiger partial charge in [-0.25, -0.2) is 8.78 Å². The maximum absolute atomic E-state index is 15.8. The number of halogens is 3. The third-order valence-electron chi connectivity index (χ3n) is 7.27. The van der Waals surface area contributed by atoms with Crippen molar-refractivity contribution in [2.45, 2.75) is 46.2 Å². The Bertz CT molecular complexity index is 1210. The van der Waals surface area contributed by atoms with Gasteiger partial charge in [-0.05, 0) is 18.4 Å². The first-order chi connectivity index (χ1) is 17.1. The largest absolute Gasteiger partial charge is 0.492 e. The highest BCUT2D eigenvalue weighted by Crippen LogP contribution is 2.46. The summed E-state index contributed by atoms with van der Waals surface area (Å²) in [5.74, 6) is -0.197. The molecule has 0 bridgehead atoms. The van der Waals surface area contributed by atoms with Gasteiger partial charge < -0.3 is 9.15 Å². The zero-order valence-electron chi connectivity index (χ0n) is 21.5. The van der Waals surface area contributed by atoms with Crippen molar-refractivity contribution in [2.24, 2.45) is 11.3 Å². The number of furan rings is 1. The Morgan fingerprint density at radius 1 is 1.06 bits per heavy atom. The lowest BCUT2D eigenvalue weighted by Crippen LogP contribution is -2.49. The quantitative estimate of drug-likeness (QED) is 0.377. The van der Waals surface area contributed by atoms with Gasteiger partial charge >= 0.3 is 0 Å². The summed E-state index contributed by atoms with van der Waals surface area (Å²) >= 11 is 0. The van der Waals surface area contributed by atoms with E-state index in [0.717, 1.165) is 22.3 Å². The van der Waals surface area contributed by atoms with Crippen LogP contribution in [0.4, 0.5) is 13.2 Å². The highest BCUT2D eigenvalue weighted by Gasteiger charge is 2.41. The fraction of sp³-hybridized carbons (Fsp3) is 0.517. The first-order valence-electron chi connectivity index (χ1n) is 12.8. The van der Waals surface area contributed by atoms with Crippen molar-refractivity contribution >= 4 is 11.0 Å². The Morgan fingerprint density at radius 3 is 2.42 bits per heavy atom. The first-order valence-corrected chi connectivity index (χ1v) is 12.8. The van der Waals surface area contributed by atoms with Crippen LogP contribution in [-0.2, 0) is 6.42 Å². The van der Waals surface area contributed by atoms with Crippen LogP contribution in [0.25, 0.3) is 11.0 Å². The molecule has 1 saturated heterocycles. The Morgan fingerprint density at radius 2 is 1.75 bits per heavy atom. The summed E-state index contributed by atoms with van der Waals surface area (Å²) < 4.78 is 56.0. The Kier molecular flexibility index (Phi) is 6.81. The second kappa shape index (κ2) is 9.75. The summed E-state index contributed by atoms with van der Waals surface area (Å²) in [6.45, 7) is 11.2. The minimum absolute atomic E-state index is 0.0273. The lowest BCUT2D eigenvalue weighted by molar-refractivity contribution is 0.0667. The van der Waals surface area contributed by atoms with Gasteiger partial charge in [-0.1, -0.05) is 39.0 Å². The van der Waals surface area contributed by atoms with Crippen LogP contribution in [0.2, 0.25) is 0 Å². The molecule has 0 spiro atoms. The summed E-state index contributed by atoms with van der Waals surface area (Å²) in [5, 5.41) is 0.892. The third-order valence-corrected chi connectivity index (χ3v) is 7.27. The third kappa shape index (κ3) is 4.88. The number of nitrogens with zero attached hydrogens (tertiary/aromatic N) is 2. The molecule has 2 aromatic carbocycles. The SMILES string of the molecule is C[C@H]1Cc2oc3ccccc3c2[C@H](c2c(F)cc(OCCN3CC(CF)C3)cc2F)N1CC(C)(C)C. The molecule has 1 fully saturated rings. The van der Waals surface area contributed by atoms with Crippen LogP contribution in [0.15, 0.2) is 40.8 Å². The Labute approximate surface area is 211 Å². The van der Waals surface area contributed by atoms with Gasteiger partial charge in [0.05, 0.1) is 12.7 Å². The molecule has 0 aliphatic carbocycles. The zero-order chi connectivity index (χ0) is 25.6. The molecule has 194 valence electrons. The Balaban J connectivity index is 1.48. The van der Waals surface area contributed by atoms with E-state index < -0.39 is 17.7 Å². The first kappa shape index (κ1) is 25.2. The van der Waals surface area contributed by atoms with Gasteiger partial charge in [0.1, 0.15) is 35.3 Å². The lowest BCUT2D eigenvalue weighted by Gasteiger charge is -2.43. The van der Waals surface area contributed by atoms with Gasteiger partial charge in [-0.3, -0.25) is 14.2 Å². The van der Waals surface area contributed by atoms with E-state index in [1.165, 1.54) is 12.1 Å². The van der Waals surface area contributed by atoms with Crippen molar-refractivity contribution in [1.29, 1.82) is 0 Å². The normalized spacial score (nSPS) is 21.5. The second-order valence-electron chi connectivity index (χ2n) is 11.6. The van der Waals surface area contributed by atoms with Gasteiger partial charge in [-0.15, -0.1) is 0 Å². The molecule has 3 aromatic rings. The average Bonchev–Trinajstić information content (AvgIpc) is 3.13. The van der Waals surface area contributed by atoms with Gasteiger partial charge in [0, 0.05) is 73.2 Å². The number of rotatable bonds is 7. The molecule has 2 aliphatic heterocycles. The number of benzene rings is 2. The van der Waals surface area contributed by atoms with Crippen molar-refractivity contribution in [1.82, 2.24) is 9.80 Å². The molecule has 3 heterocycles. The molecule has 5 rings (SSSR count). The summed E-state index contributed by atoms with van der Waals surface area (Å²) in [5.41, 5.74) is 1.54. The van der Waals surface area contributed by atoms with Crippen LogP contribution >= 0.6 is 0 Å². The van der Waals surface area contributed by atoms with E-state index in [4.69, 9.17) is 9.15 Å². The van der Waals surface area contributed by atoms with Gasteiger partial charge in [0.2, 0.25) is 0 Å². The molecule has 0 radical (unpaired) electrons. The summed E-state index contributed by atoms with van der Waals surface area (Å²) in [6.07, 6.45) is 0.681. The maximum atomic E-state index is 15.8. The average molecular weight is 501 g/mol. The monoisotopic (exact) mass is 500 g/mol. The lowest BCUT2D eigenvalue weighted by atomic mass is 9.84. The number of fused-ring (bicyclic) bond motifs is 3. The van der Waals surface area contributed by atoms with E-state index in [0.29, 0.717) is 39.2 Å². The number of ether oxygens (including phenoxy) is 1. The molecule has 7 heteroatoms. The molecule has 2 atom stereocenters. The van der Waals surface area contributed by atoms with Crippen molar-refractivity contribution < 1.29 is 22.3 Å². The van der Waals surface area contributed by atoms with Crippen molar-refractivity contribution in [2.75, 3.05) is 39.5 Å². The Hall–Kier alpha value is -2.51. The standard InChI is InChI=1S/C29H35F3N2O2/c1-18-11-25-26(21-7-5-6-8-24(21)36-25)28(34(18)17-29(2,3)4)27-22(31)12-20(13-23(27)32)35-10-9-33-15-19(14-30)16-33/h5-8,12-13,18-19,28H,9-11,14-17H2,1-4H3/t18-,28+/m0/s1. The molecule has 0 amide bonds. The molecule has 2 aliphatic rings. The van der Waals surface area contributed by atoms with Crippen LogP contribution in [0.1, 0.15) is 50.6 Å². The molecular weight excluding hydrogens is 465 g/mol. The molecule has 0 N–H and O–H groups in total. The van der Waals surface area contributed by atoms with Crippen LogP contribution in [0, 0.1) is 23.0 Å². The molecule has 0 saturated carbocycles. The summed E-state index contributed by atoms with van der Waals surface area (Å²) in [4.78, 5) is 4.28. The number of alkyl halides is 1. The molecule has 1 aromatic heterocycles. The second-order valence-corrected chi connectivity index (χ2v) is 11.6. The highest BCUT2D eigenvalue weighted by molar-refractivity contribution is 5.83. The van der Waals surface area contributed by atoms with Crippen LogP contribution < -0.4 is 4.74 Å². The fourth-order valence-electron chi connectivity index (χ4n) is 5.63. The van der Waals surface area contributed by atoms with Crippen LogP contribution in [0.3, 0.4) is 0 Å². The molecule has 0 unspecified atom stereocenters. The van der Waals surface area contributed by atoms with E-state index in [1.807, 2.05) is 24.3 Å². The number of para-hydroxylation sites is 1. The number of hydrogen-bond donors (Lipinski definition) is 0. The van der Waals surface area contributed by atoms with Crippen molar-refractivity contribution in [3.8, 4) is 5.75 Å². The molecule has 4 nitrogen and oxygen atoms in total. The summed E-state index contributed by atoms with van der Waals surface area (Å²) in [7, 11) is 0. The van der Waals surface area contributed by atoms with E-state index in [9.17, 15) is 4.39 Å². The van der Waals surface area contributed by atoms with Crippen molar-refractivity contribution in [3.05, 3.63) is 64.9 Å². The van der Waals surface area contributed by atoms with Crippen LogP contribution in [0.5, 0.6) is 5.75 Å². The van der Waals surface area contributed by atoms with Gasteiger partial charge in [0.25, 0.3) is 0 Å². The highest BCUT2D eigenvalue weighted by atomic mass is 19.1. The molecule has 36 heavy (non-hydrogen) atoms. The van der Waals surface area contributed by atoms with E-state index in [2.05, 4.69) is 37.5 Å². The predicted molar refractivity (Wildman–Crippen MR) is 135 cm³/mol. The van der Waals surface area contributed by atoms with Crippen molar-refractivity contribution in [3.63, 3.8) is 0 Å². The fourth-order valence-corrected chi connectivity index (χ4v) is 5.63. The minimum atomic E-state index is -0.624. The molecular formula is C29H35F3N2O2. The maximum Gasteiger partial charge on any atom is 0.134 e. The van der Waals surface area contributed by atoms with E-state index >= 15 is 8.78 Å². The minimum Gasteiger partial charge on any atom is -0.492 e. The number of hydrogen-bond acceptors (Lipinski definition) is 4. The van der Waals surface area contributed by atoms with E-state index in [-0.39, 0.29) is 35.4 Å². The van der Waals surface area contributed by atoms with Gasteiger partial charge in [-0.2, -0.15) is 0 Å². The van der Waals surface area contributed by atoms with Crippen LogP contribution in [-0.4, -0.2) is 55.3 Å².